The molecule has 4 aromatic rings. The van der Waals surface area contributed by atoms with Crippen molar-refractivity contribution in [3.05, 3.63) is 75.4 Å². The van der Waals surface area contributed by atoms with E-state index in [4.69, 9.17) is 23.2 Å². The molecule has 0 N–H and O–H groups in total. The van der Waals surface area contributed by atoms with E-state index in [2.05, 4.69) is 44.5 Å². The lowest BCUT2D eigenvalue weighted by Crippen LogP contribution is -2.35. The third kappa shape index (κ3) is 3.68. The minimum absolute atomic E-state index is 0.0736. The van der Waals surface area contributed by atoms with Gasteiger partial charge in [0, 0.05) is 23.6 Å². The molecule has 5 rings (SSSR count). The zero-order valence-electron chi connectivity index (χ0n) is 17.2. The lowest BCUT2D eigenvalue weighted by Gasteiger charge is -2.36. The predicted octanol–water partition coefficient (Wildman–Crippen LogP) is 4.55. The third-order valence-corrected chi connectivity index (χ3v) is 6.33. The minimum Gasteiger partial charge on any atom is -0.334 e. The molecule has 3 heterocycles. The number of halogens is 2. The van der Waals surface area contributed by atoms with Gasteiger partial charge < -0.3 is 4.90 Å². The number of nitrogens with zero attached hydrogens (tertiary/aromatic N) is 7. The number of aromatic nitrogens is 6. The van der Waals surface area contributed by atoms with E-state index in [9.17, 15) is 0 Å². The maximum Gasteiger partial charge on any atom is 0.227 e. The molecular weight excluding hydrogens is 433 g/mol. The van der Waals surface area contributed by atoms with Crippen LogP contribution in [0.3, 0.4) is 0 Å². The van der Waals surface area contributed by atoms with Gasteiger partial charge in [0.2, 0.25) is 5.95 Å². The molecule has 158 valence electrons. The maximum absolute atomic E-state index is 6.43. The normalized spacial score (nSPS) is 15.9. The van der Waals surface area contributed by atoms with E-state index >= 15 is 0 Å². The van der Waals surface area contributed by atoms with Crippen molar-refractivity contribution in [1.29, 1.82) is 0 Å². The molecule has 2 aromatic carbocycles. The highest BCUT2D eigenvalue weighted by atomic mass is 35.5. The smallest absolute Gasteiger partial charge is 0.227 e. The second-order valence-electron chi connectivity index (χ2n) is 7.74. The summed E-state index contributed by atoms with van der Waals surface area (Å²) in [6, 6.07) is 14.0. The Kier molecular flexibility index (Phi) is 5.16. The van der Waals surface area contributed by atoms with Crippen molar-refractivity contribution in [1.82, 2.24) is 29.8 Å². The molecule has 0 bridgehead atoms. The number of hydrogen-bond acceptors (Lipinski definition) is 5. The van der Waals surface area contributed by atoms with Gasteiger partial charge in [0.25, 0.3) is 0 Å². The van der Waals surface area contributed by atoms with E-state index in [1.54, 1.807) is 0 Å². The van der Waals surface area contributed by atoms with Crippen LogP contribution >= 0.6 is 23.2 Å². The summed E-state index contributed by atoms with van der Waals surface area (Å²) in [5, 5.41) is 18.8. The Balaban J connectivity index is 1.42. The Morgan fingerprint density at radius 3 is 2.68 bits per heavy atom. The summed E-state index contributed by atoms with van der Waals surface area (Å²) < 4.78 is 3.77. The highest BCUT2D eigenvalue weighted by molar-refractivity contribution is 6.35. The number of fused-ring (bicyclic) bond motifs is 1. The Labute approximate surface area is 190 Å². The van der Waals surface area contributed by atoms with Crippen LogP contribution in [0, 0.1) is 0 Å². The number of benzene rings is 2. The summed E-state index contributed by atoms with van der Waals surface area (Å²) in [6.07, 6.45) is 2.72. The van der Waals surface area contributed by atoms with Crippen LogP contribution in [0.2, 0.25) is 10.0 Å². The molecule has 0 aliphatic carbocycles. The zero-order chi connectivity index (χ0) is 21.5. The molecule has 7 nitrogen and oxygen atoms in total. The quantitative estimate of drug-likeness (QED) is 0.453. The van der Waals surface area contributed by atoms with E-state index in [-0.39, 0.29) is 6.04 Å². The van der Waals surface area contributed by atoms with Crippen molar-refractivity contribution < 1.29 is 0 Å². The molecule has 1 aliphatic rings. The van der Waals surface area contributed by atoms with Crippen molar-refractivity contribution in [3.63, 3.8) is 0 Å². The van der Waals surface area contributed by atoms with E-state index in [1.807, 2.05) is 52.8 Å². The highest BCUT2D eigenvalue weighted by Gasteiger charge is 2.29. The molecule has 2 aromatic heterocycles. The van der Waals surface area contributed by atoms with Gasteiger partial charge in [0.05, 0.1) is 18.8 Å². The van der Waals surface area contributed by atoms with Gasteiger partial charge in [-0.25, -0.2) is 4.68 Å². The van der Waals surface area contributed by atoms with Gasteiger partial charge in [-0.3, -0.25) is 4.57 Å². The first kappa shape index (κ1) is 20.0. The Bertz CT molecular complexity index is 1230. The van der Waals surface area contributed by atoms with Crippen LogP contribution in [0.5, 0.6) is 0 Å². The SMILES string of the molecule is CC1c2cc(Cl)cc(Cl)c2CCN1c1nnc(-c2cn(Cc3ccccc3)nn2)n1C. The van der Waals surface area contributed by atoms with E-state index in [0.29, 0.717) is 23.1 Å². The van der Waals surface area contributed by atoms with Gasteiger partial charge in [0.1, 0.15) is 0 Å². The molecule has 0 saturated heterocycles. The summed E-state index contributed by atoms with van der Waals surface area (Å²) >= 11 is 12.7. The fourth-order valence-corrected chi connectivity index (χ4v) is 4.77. The van der Waals surface area contributed by atoms with Crippen LogP contribution in [-0.4, -0.2) is 36.3 Å². The standard InChI is InChI=1S/C22H21Cl2N7/c1-14-18-10-16(23)11-19(24)17(18)8-9-31(14)22-27-26-21(29(22)2)20-13-30(28-25-20)12-15-6-4-3-5-7-15/h3-7,10-11,13-14H,8-9,12H2,1-2H3. The Morgan fingerprint density at radius 1 is 1.06 bits per heavy atom. The number of rotatable bonds is 4. The third-order valence-electron chi connectivity index (χ3n) is 5.78. The summed E-state index contributed by atoms with van der Waals surface area (Å²) in [6.45, 7) is 3.58. The van der Waals surface area contributed by atoms with Crippen LogP contribution in [0.15, 0.2) is 48.7 Å². The van der Waals surface area contributed by atoms with Crippen LogP contribution < -0.4 is 4.90 Å². The molecule has 0 saturated carbocycles. The average molecular weight is 454 g/mol. The van der Waals surface area contributed by atoms with Crippen molar-refractivity contribution >= 4 is 29.2 Å². The maximum atomic E-state index is 6.43. The monoisotopic (exact) mass is 453 g/mol. The van der Waals surface area contributed by atoms with Crippen LogP contribution in [-0.2, 0) is 20.0 Å². The second kappa shape index (κ2) is 7.98. The van der Waals surface area contributed by atoms with E-state index < -0.39 is 0 Å². The van der Waals surface area contributed by atoms with E-state index in [1.165, 1.54) is 0 Å². The Hall–Kier alpha value is -2.90. The number of anilines is 1. The second-order valence-corrected chi connectivity index (χ2v) is 8.59. The lowest BCUT2D eigenvalue weighted by atomic mass is 9.94. The van der Waals surface area contributed by atoms with Crippen molar-refractivity contribution in [2.24, 2.45) is 7.05 Å². The molecule has 9 heteroatoms. The zero-order valence-corrected chi connectivity index (χ0v) is 18.7. The molecule has 0 fully saturated rings. The molecule has 1 aliphatic heterocycles. The van der Waals surface area contributed by atoms with Crippen molar-refractivity contribution in [3.8, 4) is 11.5 Å². The van der Waals surface area contributed by atoms with Gasteiger partial charge in [-0.1, -0.05) is 58.7 Å². The minimum atomic E-state index is 0.0736. The molecule has 0 spiro atoms. The largest absolute Gasteiger partial charge is 0.334 e. The number of hydrogen-bond donors (Lipinski definition) is 0. The first-order valence-corrected chi connectivity index (χ1v) is 10.8. The summed E-state index contributed by atoms with van der Waals surface area (Å²) in [5.74, 6) is 1.46. The van der Waals surface area contributed by atoms with Crippen LogP contribution in [0.25, 0.3) is 11.5 Å². The van der Waals surface area contributed by atoms with Gasteiger partial charge in [0.15, 0.2) is 11.5 Å². The van der Waals surface area contributed by atoms with Crippen LogP contribution in [0.1, 0.15) is 29.7 Å². The lowest BCUT2D eigenvalue weighted by molar-refractivity contribution is 0.597. The summed E-state index contributed by atoms with van der Waals surface area (Å²) in [4.78, 5) is 2.22. The molecule has 0 radical (unpaired) electrons. The highest BCUT2D eigenvalue weighted by Crippen LogP contribution is 2.38. The summed E-state index contributed by atoms with van der Waals surface area (Å²) in [5.41, 5.74) is 4.13. The van der Waals surface area contributed by atoms with Gasteiger partial charge in [-0.15, -0.1) is 15.3 Å². The fourth-order valence-electron chi connectivity index (χ4n) is 4.17. The van der Waals surface area contributed by atoms with E-state index in [0.717, 1.165) is 40.6 Å². The molecule has 1 atom stereocenters. The molecule has 0 amide bonds. The predicted molar refractivity (Wildman–Crippen MR) is 121 cm³/mol. The fraction of sp³-hybridized carbons (Fsp3) is 0.273. The first-order valence-electron chi connectivity index (χ1n) is 10.1. The van der Waals surface area contributed by atoms with Crippen molar-refractivity contribution in [2.75, 3.05) is 11.4 Å². The molecular formula is C22H21Cl2N7. The van der Waals surface area contributed by atoms with Crippen molar-refractivity contribution in [2.45, 2.75) is 25.9 Å². The summed E-state index contributed by atoms with van der Waals surface area (Å²) in [7, 11) is 1.95. The molecule has 1 unspecified atom stereocenters. The first-order chi connectivity index (χ1) is 15.0. The average Bonchev–Trinajstić information content (AvgIpc) is 3.36. The molecule has 31 heavy (non-hydrogen) atoms. The topological polar surface area (TPSA) is 64.7 Å². The van der Waals surface area contributed by atoms with Gasteiger partial charge in [-0.05, 0) is 42.2 Å². The Morgan fingerprint density at radius 2 is 1.87 bits per heavy atom. The van der Waals surface area contributed by atoms with Gasteiger partial charge >= 0.3 is 0 Å². The van der Waals surface area contributed by atoms with Crippen LogP contribution in [0.4, 0.5) is 5.95 Å². The van der Waals surface area contributed by atoms with Gasteiger partial charge in [-0.2, -0.15) is 0 Å².